The number of aromatic nitrogens is 1. The lowest BCUT2D eigenvalue weighted by Gasteiger charge is -2.15. The monoisotopic (exact) mass is 387 g/mol. The summed E-state index contributed by atoms with van der Waals surface area (Å²) in [5.41, 5.74) is 3.22. The molecule has 1 aromatic carbocycles. The van der Waals surface area contributed by atoms with Crippen molar-refractivity contribution in [2.24, 2.45) is 0 Å². The van der Waals surface area contributed by atoms with Crippen LogP contribution in [0.4, 0.5) is 17.3 Å². The second-order valence-electron chi connectivity index (χ2n) is 4.72. The normalized spacial score (nSPS) is 10.6. The van der Waals surface area contributed by atoms with Crippen LogP contribution < -0.4 is 10.6 Å². The fraction of sp³-hybridized carbons (Fsp3) is 0.267. The molecule has 1 heterocycles. The van der Waals surface area contributed by atoms with Gasteiger partial charge in [-0.3, -0.25) is 0 Å². The third-order valence-electron chi connectivity index (χ3n) is 3.01. The van der Waals surface area contributed by atoms with E-state index in [2.05, 4.69) is 31.5 Å². The first-order valence-corrected chi connectivity index (χ1v) is 8.11. The maximum Gasteiger partial charge on any atom is 0.151 e. The van der Waals surface area contributed by atoms with Crippen LogP contribution in [-0.4, -0.2) is 11.5 Å². The van der Waals surface area contributed by atoms with Crippen molar-refractivity contribution in [1.82, 2.24) is 4.98 Å². The van der Waals surface area contributed by atoms with Gasteiger partial charge in [0.25, 0.3) is 0 Å². The van der Waals surface area contributed by atoms with Crippen LogP contribution in [0.5, 0.6) is 0 Å². The van der Waals surface area contributed by atoms with Crippen molar-refractivity contribution in [2.45, 2.75) is 20.8 Å². The van der Waals surface area contributed by atoms with Crippen molar-refractivity contribution < 1.29 is 0 Å². The van der Waals surface area contributed by atoms with E-state index < -0.39 is 0 Å². The Labute approximate surface area is 143 Å². The molecule has 0 aliphatic rings. The second-order valence-corrected chi connectivity index (χ2v) is 6.45. The van der Waals surface area contributed by atoms with Gasteiger partial charge in [0.1, 0.15) is 5.82 Å². The number of anilines is 3. The summed E-state index contributed by atoms with van der Waals surface area (Å²) in [4.78, 5) is 4.46. The van der Waals surface area contributed by atoms with Gasteiger partial charge in [-0.15, -0.1) is 0 Å². The first kappa shape index (κ1) is 16.4. The number of rotatable bonds is 4. The Bertz CT molecular complexity index is 651. The second kappa shape index (κ2) is 6.86. The Morgan fingerprint density at radius 3 is 2.19 bits per heavy atom. The molecule has 21 heavy (non-hydrogen) atoms. The molecule has 0 saturated carbocycles. The molecule has 0 bridgehead atoms. The summed E-state index contributed by atoms with van der Waals surface area (Å²) < 4.78 is 1.05. The Balaban J connectivity index is 2.42. The lowest BCUT2D eigenvalue weighted by atomic mass is 10.1. The van der Waals surface area contributed by atoms with Crippen molar-refractivity contribution in [1.29, 1.82) is 0 Å². The van der Waals surface area contributed by atoms with Crippen LogP contribution in [0, 0.1) is 13.8 Å². The summed E-state index contributed by atoms with van der Waals surface area (Å²) in [7, 11) is 0. The lowest BCUT2D eigenvalue weighted by molar-refractivity contribution is 1.16. The number of halogens is 3. The quantitative estimate of drug-likeness (QED) is 0.679. The number of benzene rings is 1. The maximum absolute atomic E-state index is 6.24. The average Bonchev–Trinajstić information content (AvgIpc) is 2.38. The third kappa shape index (κ3) is 3.82. The number of nitrogens with one attached hydrogen (secondary N) is 2. The molecular weight excluding hydrogens is 373 g/mol. The largest absolute Gasteiger partial charge is 0.369 e. The highest BCUT2D eigenvalue weighted by Gasteiger charge is 2.12. The van der Waals surface area contributed by atoms with Crippen LogP contribution in [-0.2, 0) is 0 Å². The van der Waals surface area contributed by atoms with Gasteiger partial charge in [0.05, 0.1) is 10.0 Å². The van der Waals surface area contributed by atoms with E-state index in [1.54, 1.807) is 6.07 Å². The van der Waals surface area contributed by atoms with Crippen molar-refractivity contribution in [3.05, 3.63) is 43.8 Å². The molecule has 0 fully saturated rings. The van der Waals surface area contributed by atoms with E-state index in [0.717, 1.165) is 27.8 Å². The topological polar surface area (TPSA) is 37.0 Å². The Kier molecular flexibility index (Phi) is 5.36. The van der Waals surface area contributed by atoms with Crippen molar-refractivity contribution in [2.75, 3.05) is 17.2 Å². The maximum atomic E-state index is 6.24. The van der Waals surface area contributed by atoms with Crippen LogP contribution in [0.15, 0.2) is 22.7 Å². The third-order valence-corrected chi connectivity index (χ3v) is 4.05. The van der Waals surface area contributed by atoms with Crippen LogP contribution in [0.25, 0.3) is 0 Å². The zero-order valence-corrected chi connectivity index (χ0v) is 15.1. The van der Waals surface area contributed by atoms with Gasteiger partial charge >= 0.3 is 0 Å². The summed E-state index contributed by atoms with van der Waals surface area (Å²) in [6.07, 6.45) is 0. The highest BCUT2D eigenvalue weighted by molar-refractivity contribution is 9.10. The molecule has 2 N–H and O–H groups in total. The molecule has 0 radical (unpaired) electrons. The van der Waals surface area contributed by atoms with Gasteiger partial charge in [-0.1, -0.05) is 39.1 Å². The summed E-state index contributed by atoms with van der Waals surface area (Å²) in [6.45, 7) is 6.80. The number of nitrogens with zero attached hydrogens (tertiary/aromatic N) is 1. The number of hydrogen-bond donors (Lipinski definition) is 2. The highest BCUT2D eigenvalue weighted by atomic mass is 79.9. The van der Waals surface area contributed by atoms with Gasteiger partial charge < -0.3 is 10.6 Å². The van der Waals surface area contributed by atoms with E-state index in [4.69, 9.17) is 23.2 Å². The van der Waals surface area contributed by atoms with Gasteiger partial charge in [-0.05, 0) is 50.1 Å². The molecule has 0 amide bonds. The van der Waals surface area contributed by atoms with E-state index in [0.29, 0.717) is 21.7 Å². The zero-order chi connectivity index (χ0) is 15.6. The smallest absolute Gasteiger partial charge is 0.151 e. The minimum atomic E-state index is 0.489. The minimum Gasteiger partial charge on any atom is -0.369 e. The molecule has 1 aromatic heterocycles. The molecule has 112 valence electrons. The van der Waals surface area contributed by atoms with Crippen molar-refractivity contribution >= 4 is 56.5 Å². The molecule has 0 spiro atoms. The van der Waals surface area contributed by atoms with Gasteiger partial charge in [0, 0.05) is 16.7 Å². The summed E-state index contributed by atoms with van der Waals surface area (Å²) in [5.74, 6) is 1.21. The molecule has 0 atom stereocenters. The predicted octanol–water partition coefficient (Wildman–Crippen LogP) is 5.94. The number of pyridine rings is 1. The number of hydrogen-bond acceptors (Lipinski definition) is 3. The first-order valence-electron chi connectivity index (χ1n) is 6.56. The first-order chi connectivity index (χ1) is 9.92. The van der Waals surface area contributed by atoms with E-state index >= 15 is 0 Å². The molecular formula is C15H16BrCl2N3. The summed E-state index contributed by atoms with van der Waals surface area (Å²) in [6, 6.07) is 5.79. The average molecular weight is 389 g/mol. The van der Waals surface area contributed by atoms with Crippen LogP contribution >= 0.6 is 39.1 Å². The Hall–Kier alpha value is -0.970. The SMILES string of the molecule is CCNc1nc(Nc2c(C)cc(Br)cc2C)c(Cl)cc1Cl. The lowest BCUT2D eigenvalue weighted by Crippen LogP contribution is -2.04. The van der Waals surface area contributed by atoms with Crippen LogP contribution in [0.1, 0.15) is 18.1 Å². The zero-order valence-electron chi connectivity index (χ0n) is 12.0. The minimum absolute atomic E-state index is 0.489. The fourth-order valence-corrected chi connectivity index (χ4v) is 3.23. The van der Waals surface area contributed by atoms with Gasteiger partial charge in [0.15, 0.2) is 5.82 Å². The molecule has 3 nitrogen and oxygen atoms in total. The van der Waals surface area contributed by atoms with Gasteiger partial charge in [-0.25, -0.2) is 4.98 Å². The van der Waals surface area contributed by atoms with E-state index in [1.807, 2.05) is 32.9 Å². The summed E-state index contributed by atoms with van der Waals surface area (Å²) >= 11 is 15.9. The standard InChI is InChI=1S/C15H16BrCl2N3/c1-4-19-14-11(17)7-12(18)15(21-14)20-13-8(2)5-10(16)6-9(13)3/h5-7H,4H2,1-3H3,(H2,19,20,21). The van der Waals surface area contributed by atoms with Gasteiger partial charge in [0.2, 0.25) is 0 Å². The van der Waals surface area contributed by atoms with E-state index in [9.17, 15) is 0 Å². The molecule has 0 aliphatic heterocycles. The Morgan fingerprint density at radius 2 is 1.62 bits per heavy atom. The molecule has 6 heteroatoms. The van der Waals surface area contributed by atoms with Gasteiger partial charge in [-0.2, -0.15) is 0 Å². The predicted molar refractivity (Wildman–Crippen MR) is 95.3 cm³/mol. The molecule has 0 aliphatic carbocycles. The fourth-order valence-electron chi connectivity index (χ4n) is 2.07. The molecule has 2 aromatic rings. The van der Waals surface area contributed by atoms with Crippen molar-refractivity contribution in [3.63, 3.8) is 0 Å². The van der Waals surface area contributed by atoms with Crippen LogP contribution in [0.2, 0.25) is 10.0 Å². The highest BCUT2D eigenvalue weighted by Crippen LogP contribution is 2.33. The van der Waals surface area contributed by atoms with Crippen molar-refractivity contribution in [3.8, 4) is 0 Å². The number of aryl methyl sites for hydroxylation is 2. The summed E-state index contributed by atoms with van der Waals surface area (Å²) in [5, 5.41) is 7.42. The molecule has 2 rings (SSSR count). The van der Waals surface area contributed by atoms with E-state index in [-0.39, 0.29) is 0 Å². The Morgan fingerprint density at radius 1 is 1.05 bits per heavy atom. The van der Waals surface area contributed by atoms with Crippen LogP contribution in [0.3, 0.4) is 0 Å². The molecule has 0 saturated heterocycles. The molecule has 0 unspecified atom stereocenters. The van der Waals surface area contributed by atoms with E-state index in [1.165, 1.54) is 0 Å².